The van der Waals surface area contributed by atoms with Crippen LogP contribution in [-0.2, 0) is 14.3 Å². The van der Waals surface area contributed by atoms with Crippen LogP contribution in [0, 0.1) is 0 Å². The van der Waals surface area contributed by atoms with E-state index in [2.05, 4.69) is 13.8 Å². The third-order valence-electron chi connectivity index (χ3n) is 4.07. The second-order valence-corrected chi connectivity index (χ2v) is 6.49. The van der Waals surface area contributed by atoms with Gasteiger partial charge in [-0.1, -0.05) is 78.1 Å². The Bertz CT molecular complexity index is 241. The normalized spacial score (nSPS) is 11.0. The van der Waals surface area contributed by atoms with Crippen molar-refractivity contribution in [3.8, 4) is 0 Å². The van der Waals surface area contributed by atoms with Gasteiger partial charge in [-0.25, -0.2) is 0 Å². The van der Waals surface area contributed by atoms with Gasteiger partial charge < -0.3 is 9.47 Å². The number of hydrogen-bond donors (Lipinski definition) is 0. The average Bonchev–Trinajstić information content (AvgIpc) is 2.56. The number of Topliss-reactive ketones (excluding diaryl/α,β-unsaturated/α-hetero) is 1. The van der Waals surface area contributed by atoms with Gasteiger partial charge in [0.2, 0.25) is 0 Å². The molecule has 0 aromatic heterocycles. The zero-order valence-corrected chi connectivity index (χ0v) is 15.7. The van der Waals surface area contributed by atoms with Crippen molar-refractivity contribution < 1.29 is 14.3 Å². The molecular formula is C20H40O3. The number of unbranched alkanes of at least 4 members (excludes halogenated alkanes) is 10. The van der Waals surface area contributed by atoms with Crippen LogP contribution >= 0.6 is 0 Å². The van der Waals surface area contributed by atoms with Gasteiger partial charge in [0.05, 0.1) is 6.61 Å². The summed E-state index contributed by atoms with van der Waals surface area (Å²) in [5.74, 6) is 0.166. The quantitative estimate of drug-likeness (QED) is 0.285. The Morgan fingerprint density at radius 2 is 1.09 bits per heavy atom. The van der Waals surface area contributed by atoms with E-state index in [1.165, 1.54) is 64.2 Å². The van der Waals surface area contributed by atoms with Crippen molar-refractivity contribution in [2.45, 2.75) is 97.3 Å². The molecule has 0 atom stereocenters. The number of ketones is 1. The van der Waals surface area contributed by atoms with Gasteiger partial charge in [-0.05, 0) is 12.8 Å². The van der Waals surface area contributed by atoms with E-state index in [-0.39, 0.29) is 12.4 Å². The van der Waals surface area contributed by atoms with Gasteiger partial charge in [0, 0.05) is 19.6 Å². The van der Waals surface area contributed by atoms with Crippen LogP contribution in [0.2, 0.25) is 0 Å². The fourth-order valence-corrected chi connectivity index (χ4v) is 2.52. The smallest absolute Gasteiger partial charge is 0.160 e. The predicted octanol–water partition coefficient (Wildman–Crippen LogP) is 5.70. The molecule has 0 N–H and O–H groups in total. The number of carbonyl (C=O) groups excluding carboxylic acids is 1. The van der Waals surface area contributed by atoms with E-state index in [4.69, 9.17) is 9.47 Å². The Morgan fingerprint density at radius 1 is 0.609 bits per heavy atom. The lowest BCUT2D eigenvalue weighted by atomic mass is 10.1. The van der Waals surface area contributed by atoms with E-state index in [9.17, 15) is 4.79 Å². The topological polar surface area (TPSA) is 35.5 Å². The molecule has 0 spiro atoms. The monoisotopic (exact) mass is 328 g/mol. The largest absolute Gasteiger partial charge is 0.381 e. The summed E-state index contributed by atoms with van der Waals surface area (Å²) in [4.78, 5) is 11.6. The van der Waals surface area contributed by atoms with Crippen LogP contribution in [0.5, 0.6) is 0 Å². The highest BCUT2D eigenvalue weighted by atomic mass is 16.5. The van der Waals surface area contributed by atoms with Gasteiger partial charge in [-0.15, -0.1) is 0 Å². The summed E-state index contributed by atoms with van der Waals surface area (Å²) in [6.07, 6.45) is 15.7. The summed E-state index contributed by atoms with van der Waals surface area (Å²) in [6.45, 7) is 6.78. The second-order valence-electron chi connectivity index (χ2n) is 6.49. The van der Waals surface area contributed by atoms with Crippen LogP contribution in [0.1, 0.15) is 97.3 Å². The average molecular weight is 329 g/mol. The van der Waals surface area contributed by atoms with E-state index in [1.807, 2.05) is 0 Å². The van der Waals surface area contributed by atoms with Crippen LogP contribution in [0.15, 0.2) is 0 Å². The highest BCUT2D eigenvalue weighted by molar-refractivity contribution is 5.79. The summed E-state index contributed by atoms with van der Waals surface area (Å²) in [7, 11) is 0. The third-order valence-corrected chi connectivity index (χ3v) is 4.07. The molecule has 0 fully saturated rings. The molecule has 23 heavy (non-hydrogen) atoms. The highest BCUT2D eigenvalue weighted by Crippen LogP contribution is 2.06. The molecule has 3 nitrogen and oxygen atoms in total. The van der Waals surface area contributed by atoms with E-state index in [0.29, 0.717) is 13.0 Å². The fraction of sp³-hybridized carbons (Fsp3) is 0.950. The Balaban J connectivity index is 3.13. The molecule has 0 saturated carbocycles. The lowest BCUT2D eigenvalue weighted by Crippen LogP contribution is -2.12. The molecule has 0 saturated heterocycles. The Kier molecular flexibility index (Phi) is 19.3. The molecule has 0 aliphatic carbocycles. The van der Waals surface area contributed by atoms with Gasteiger partial charge in [-0.3, -0.25) is 4.79 Å². The SMILES string of the molecule is CCCCCCCCOCCC(=O)COCCCCCCCC. The number of hydrogen-bond acceptors (Lipinski definition) is 3. The van der Waals surface area contributed by atoms with Crippen LogP contribution < -0.4 is 0 Å². The molecule has 0 amide bonds. The zero-order valence-electron chi connectivity index (χ0n) is 15.7. The highest BCUT2D eigenvalue weighted by Gasteiger charge is 2.02. The summed E-state index contributed by atoms with van der Waals surface area (Å²) in [6, 6.07) is 0. The minimum Gasteiger partial charge on any atom is -0.381 e. The Morgan fingerprint density at radius 3 is 1.65 bits per heavy atom. The second kappa shape index (κ2) is 19.6. The minimum atomic E-state index is 0.166. The summed E-state index contributed by atoms with van der Waals surface area (Å²) >= 11 is 0. The van der Waals surface area contributed by atoms with E-state index in [0.717, 1.165) is 26.1 Å². The van der Waals surface area contributed by atoms with Crippen LogP contribution in [-0.4, -0.2) is 32.2 Å². The van der Waals surface area contributed by atoms with Crippen molar-refractivity contribution in [2.24, 2.45) is 0 Å². The summed E-state index contributed by atoms with van der Waals surface area (Å²) < 4.78 is 10.9. The van der Waals surface area contributed by atoms with Crippen LogP contribution in [0.3, 0.4) is 0 Å². The zero-order chi connectivity index (χ0) is 17.0. The van der Waals surface area contributed by atoms with Gasteiger partial charge in [0.25, 0.3) is 0 Å². The Labute approximate surface area is 144 Å². The molecule has 0 bridgehead atoms. The molecule has 0 aromatic carbocycles. The standard InChI is InChI=1S/C20H40O3/c1-3-5-7-9-11-13-16-22-18-15-20(21)19-23-17-14-12-10-8-6-4-2/h3-19H2,1-2H3. The lowest BCUT2D eigenvalue weighted by molar-refractivity contribution is -0.124. The van der Waals surface area contributed by atoms with Crippen molar-refractivity contribution in [1.29, 1.82) is 0 Å². The number of rotatable bonds is 19. The van der Waals surface area contributed by atoms with Crippen molar-refractivity contribution in [3.63, 3.8) is 0 Å². The molecule has 0 aromatic rings. The molecule has 0 aliphatic heterocycles. The van der Waals surface area contributed by atoms with Crippen molar-refractivity contribution in [1.82, 2.24) is 0 Å². The van der Waals surface area contributed by atoms with Gasteiger partial charge in [-0.2, -0.15) is 0 Å². The Hall–Kier alpha value is -0.410. The summed E-state index contributed by atoms with van der Waals surface area (Å²) in [5.41, 5.74) is 0. The van der Waals surface area contributed by atoms with Crippen molar-refractivity contribution >= 4 is 5.78 Å². The van der Waals surface area contributed by atoms with Crippen molar-refractivity contribution in [3.05, 3.63) is 0 Å². The van der Waals surface area contributed by atoms with Gasteiger partial charge in [0.1, 0.15) is 6.61 Å². The van der Waals surface area contributed by atoms with Crippen molar-refractivity contribution in [2.75, 3.05) is 26.4 Å². The minimum absolute atomic E-state index is 0.166. The molecule has 0 unspecified atom stereocenters. The molecule has 138 valence electrons. The maximum Gasteiger partial charge on any atom is 0.160 e. The molecule has 0 aliphatic rings. The molecule has 0 radical (unpaired) electrons. The maximum atomic E-state index is 11.6. The first-order valence-electron chi connectivity index (χ1n) is 9.98. The van der Waals surface area contributed by atoms with E-state index >= 15 is 0 Å². The van der Waals surface area contributed by atoms with E-state index in [1.54, 1.807) is 0 Å². The third kappa shape index (κ3) is 19.5. The molecule has 0 rings (SSSR count). The number of ether oxygens (including phenoxy) is 2. The maximum absolute atomic E-state index is 11.6. The van der Waals surface area contributed by atoms with E-state index < -0.39 is 0 Å². The molecular weight excluding hydrogens is 288 g/mol. The fourth-order valence-electron chi connectivity index (χ4n) is 2.52. The number of carbonyl (C=O) groups is 1. The van der Waals surface area contributed by atoms with Gasteiger partial charge >= 0.3 is 0 Å². The first-order valence-corrected chi connectivity index (χ1v) is 9.98. The molecule has 0 heterocycles. The van der Waals surface area contributed by atoms with Crippen LogP contribution in [0.4, 0.5) is 0 Å². The lowest BCUT2D eigenvalue weighted by Gasteiger charge is -2.05. The first-order chi connectivity index (χ1) is 11.3. The predicted molar refractivity (Wildman–Crippen MR) is 98.0 cm³/mol. The first kappa shape index (κ1) is 22.6. The van der Waals surface area contributed by atoms with Gasteiger partial charge in [0.15, 0.2) is 5.78 Å². The van der Waals surface area contributed by atoms with Crippen LogP contribution in [0.25, 0.3) is 0 Å². The molecule has 3 heteroatoms. The summed E-state index contributed by atoms with van der Waals surface area (Å²) in [5, 5.41) is 0.